The third-order valence-corrected chi connectivity index (χ3v) is 5.60. The van der Waals surface area contributed by atoms with Gasteiger partial charge in [-0.15, -0.1) is 0 Å². The minimum Gasteiger partial charge on any atom is -0.490 e. The maximum atomic E-state index is 13.6. The second kappa shape index (κ2) is 7.43. The van der Waals surface area contributed by atoms with Gasteiger partial charge < -0.3 is 4.74 Å². The first-order valence-electron chi connectivity index (χ1n) is 8.81. The highest BCUT2D eigenvalue weighted by Gasteiger charge is 2.28. The molecule has 0 bridgehead atoms. The van der Waals surface area contributed by atoms with E-state index in [1.54, 1.807) is 0 Å². The summed E-state index contributed by atoms with van der Waals surface area (Å²) in [7, 11) is 0. The summed E-state index contributed by atoms with van der Waals surface area (Å²) in [5.74, 6) is 0.674. The standard InChI is InChI=1S/C19H26F2O/c20-17-7-4-8-18(19(17)21)22-13-14-9-11-16(12-10-14)15-5-2-1-3-6-15/h4,7-8,14-16H,1-3,5-6,9-13H2. The fourth-order valence-electron chi connectivity index (χ4n) is 4.23. The van der Waals surface area contributed by atoms with Gasteiger partial charge in [-0.25, -0.2) is 4.39 Å². The van der Waals surface area contributed by atoms with E-state index in [9.17, 15) is 8.78 Å². The van der Waals surface area contributed by atoms with Crippen molar-refractivity contribution in [3.8, 4) is 5.75 Å². The van der Waals surface area contributed by atoms with Crippen LogP contribution in [0.2, 0.25) is 0 Å². The van der Waals surface area contributed by atoms with Crippen molar-refractivity contribution >= 4 is 0 Å². The van der Waals surface area contributed by atoms with Crippen molar-refractivity contribution in [2.24, 2.45) is 17.8 Å². The summed E-state index contributed by atoms with van der Waals surface area (Å²) in [5, 5.41) is 0. The highest BCUT2D eigenvalue weighted by molar-refractivity contribution is 5.25. The molecule has 0 atom stereocenters. The second-order valence-electron chi connectivity index (χ2n) is 7.04. The number of benzene rings is 1. The van der Waals surface area contributed by atoms with Crippen LogP contribution in [0.3, 0.4) is 0 Å². The topological polar surface area (TPSA) is 9.23 Å². The van der Waals surface area contributed by atoms with Crippen LogP contribution in [0.1, 0.15) is 57.8 Å². The third-order valence-electron chi connectivity index (χ3n) is 5.60. The molecule has 0 unspecified atom stereocenters. The summed E-state index contributed by atoms with van der Waals surface area (Å²) in [4.78, 5) is 0. The Morgan fingerprint density at radius 2 is 1.55 bits per heavy atom. The van der Waals surface area contributed by atoms with Crippen molar-refractivity contribution in [3.05, 3.63) is 29.8 Å². The average molecular weight is 308 g/mol. The predicted octanol–water partition coefficient (Wildman–Crippen LogP) is 5.73. The maximum Gasteiger partial charge on any atom is 0.200 e. The Morgan fingerprint density at radius 1 is 0.864 bits per heavy atom. The highest BCUT2D eigenvalue weighted by Crippen LogP contribution is 2.40. The fraction of sp³-hybridized carbons (Fsp3) is 0.684. The van der Waals surface area contributed by atoms with Crippen LogP contribution >= 0.6 is 0 Å². The largest absolute Gasteiger partial charge is 0.490 e. The average Bonchev–Trinajstić information content (AvgIpc) is 2.57. The Labute approximate surface area is 132 Å². The van der Waals surface area contributed by atoms with E-state index in [0.717, 1.165) is 30.7 Å². The summed E-state index contributed by atoms with van der Waals surface area (Å²) in [5.41, 5.74) is 0. The van der Waals surface area contributed by atoms with Gasteiger partial charge in [0.1, 0.15) is 0 Å². The predicted molar refractivity (Wildman–Crippen MR) is 83.9 cm³/mol. The van der Waals surface area contributed by atoms with E-state index < -0.39 is 11.6 Å². The van der Waals surface area contributed by atoms with Gasteiger partial charge in [0.05, 0.1) is 6.61 Å². The van der Waals surface area contributed by atoms with E-state index in [-0.39, 0.29) is 5.75 Å². The molecule has 122 valence electrons. The summed E-state index contributed by atoms with van der Waals surface area (Å²) < 4.78 is 32.2. The van der Waals surface area contributed by atoms with Crippen molar-refractivity contribution in [2.75, 3.05) is 6.61 Å². The molecule has 0 radical (unpaired) electrons. The molecule has 2 fully saturated rings. The third kappa shape index (κ3) is 3.80. The van der Waals surface area contributed by atoms with Crippen LogP contribution in [-0.4, -0.2) is 6.61 Å². The molecule has 0 aromatic heterocycles. The molecule has 22 heavy (non-hydrogen) atoms. The second-order valence-corrected chi connectivity index (χ2v) is 7.04. The molecule has 0 heterocycles. The van der Waals surface area contributed by atoms with Gasteiger partial charge in [-0.1, -0.05) is 38.2 Å². The summed E-state index contributed by atoms with van der Waals surface area (Å²) >= 11 is 0. The Kier molecular flexibility index (Phi) is 5.32. The molecule has 1 aromatic carbocycles. The van der Waals surface area contributed by atoms with Crippen LogP contribution in [0.25, 0.3) is 0 Å². The van der Waals surface area contributed by atoms with E-state index in [0.29, 0.717) is 12.5 Å². The number of halogens is 2. The first-order valence-corrected chi connectivity index (χ1v) is 8.81. The number of ether oxygens (including phenoxy) is 1. The molecular weight excluding hydrogens is 282 g/mol. The van der Waals surface area contributed by atoms with Gasteiger partial charge in [0, 0.05) is 0 Å². The summed E-state index contributed by atoms with van der Waals surface area (Å²) in [6.45, 7) is 0.512. The van der Waals surface area contributed by atoms with E-state index >= 15 is 0 Å². The van der Waals surface area contributed by atoms with Crippen molar-refractivity contribution in [3.63, 3.8) is 0 Å². The first kappa shape index (κ1) is 15.8. The molecule has 3 heteroatoms. The van der Waals surface area contributed by atoms with Crippen molar-refractivity contribution in [2.45, 2.75) is 57.8 Å². The molecule has 0 spiro atoms. The van der Waals surface area contributed by atoms with Crippen LogP contribution in [-0.2, 0) is 0 Å². The minimum atomic E-state index is -0.863. The SMILES string of the molecule is Fc1cccc(OCC2CCC(C3CCCCC3)CC2)c1F. The van der Waals surface area contributed by atoms with Gasteiger partial charge >= 0.3 is 0 Å². The lowest BCUT2D eigenvalue weighted by Crippen LogP contribution is -2.26. The van der Waals surface area contributed by atoms with Gasteiger partial charge in [0.2, 0.25) is 5.82 Å². The fourth-order valence-corrected chi connectivity index (χ4v) is 4.23. The van der Waals surface area contributed by atoms with Gasteiger partial charge in [-0.3, -0.25) is 0 Å². The molecule has 2 saturated carbocycles. The van der Waals surface area contributed by atoms with Crippen LogP contribution in [0.5, 0.6) is 5.75 Å². The monoisotopic (exact) mass is 308 g/mol. The molecular formula is C19H26F2O. The lowest BCUT2D eigenvalue weighted by atomic mass is 9.71. The van der Waals surface area contributed by atoms with Gasteiger partial charge in [0.25, 0.3) is 0 Å². The Bertz CT molecular complexity index is 474. The lowest BCUT2D eigenvalue weighted by Gasteiger charge is -2.35. The molecule has 1 aromatic rings. The van der Waals surface area contributed by atoms with Crippen LogP contribution in [0.15, 0.2) is 18.2 Å². The van der Waals surface area contributed by atoms with E-state index in [1.807, 2.05) is 0 Å². The van der Waals surface area contributed by atoms with Crippen LogP contribution in [0, 0.1) is 29.4 Å². The quantitative estimate of drug-likeness (QED) is 0.690. The first-order chi connectivity index (χ1) is 10.7. The van der Waals surface area contributed by atoms with E-state index in [4.69, 9.17) is 4.74 Å². The van der Waals surface area contributed by atoms with Gasteiger partial charge in [-0.2, -0.15) is 4.39 Å². The molecule has 2 aliphatic carbocycles. The zero-order chi connectivity index (χ0) is 15.4. The molecule has 3 rings (SSSR count). The van der Waals surface area contributed by atoms with Gasteiger partial charge in [0.15, 0.2) is 11.6 Å². The minimum absolute atomic E-state index is 0.0504. The summed E-state index contributed by atoms with van der Waals surface area (Å²) in [6.07, 6.45) is 12.0. The van der Waals surface area contributed by atoms with Crippen molar-refractivity contribution in [1.82, 2.24) is 0 Å². The Hall–Kier alpha value is -1.12. The molecule has 0 amide bonds. The maximum absolute atomic E-state index is 13.6. The Morgan fingerprint density at radius 3 is 2.27 bits per heavy atom. The summed E-state index contributed by atoms with van der Waals surface area (Å²) in [6, 6.07) is 4.12. The van der Waals surface area contributed by atoms with Crippen molar-refractivity contribution < 1.29 is 13.5 Å². The number of hydrogen-bond donors (Lipinski definition) is 0. The zero-order valence-corrected chi connectivity index (χ0v) is 13.2. The van der Waals surface area contributed by atoms with Crippen LogP contribution in [0.4, 0.5) is 8.78 Å². The smallest absolute Gasteiger partial charge is 0.200 e. The molecule has 2 aliphatic rings. The zero-order valence-electron chi connectivity index (χ0n) is 13.2. The number of hydrogen-bond acceptors (Lipinski definition) is 1. The highest BCUT2D eigenvalue weighted by atomic mass is 19.2. The Balaban J connectivity index is 1.45. The normalized spacial score (nSPS) is 26.8. The molecule has 0 saturated heterocycles. The van der Waals surface area contributed by atoms with E-state index in [2.05, 4.69) is 0 Å². The lowest BCUT2D eigenvalue weighted by molar-refractivity contribution is 0.133. The number of rotatable bonds is 4. The van der Waals surface area contributed by atoms with Crippen LogP contribution < -0.4 is 4.74 Å². The van der Waals surface area contributed by atoms with Crippen molar-refractivity contribution in [1.29, 1.82) is 0 Å². The molecule has 0 N–H and O–H groups in total. The molecule has 1 nitrogen and oxygen atoms in total. The van der Waals surface area contributed by atoms with Gasteiger partial charge in [-0.05, 0) is 55.6 Å². The van der Waals surface area contributed by atoms with E-state index in [1.165, 1.54) is 57.1 Å². The molecule has 0 aliphatic heterocycles.